The maximum absolute atomic E-state index is 11.6. The van der Waals surface area contributed by atoms with Gasteiger partial charge in [0.25, 0.3) is 0 Å². The molecule has 0 saturated heterocycles. The molecule has 0 aliphatic carbocycles. The minimum atomic E-state index is -0.0457. The molecule has 1 rings (SSSR count). The number of rotatable bonds is 4. The SMILES string of the molecule is CC(C)CCC(=O)Nc1cc(Cl)c(N)c(Cl)c1. The first-order valence-electron chi connectivity index (χ1n) is 5.44. The van der Waals surface area contributed by atoms with E-state index in [1.54, 1.807) is 12.1 Å². The number of benzene rings is 1. The fourth-order valence-corrected chi connectivity index (χ4v) is 1.79. The van der Waals surface area contributed by atoms with Crippen LogP contribution in [0.1, 0.15) is 26.7 Å². The molecular formula is C12H16Cl2N2O. The summed E-state index contributed by atoms with van der Waals surface area (Å²) in [5.41, 5.74) is 6.50. The Morgan fingerprint density at radius 3 is 2.35 bits per heavy atom. The van der Waals surface area contributed by atoms with E-state index in [4.69, 9.17) is 28.9 Å². The maximum Gasteiger partial charge on any atom is 0.224 e. The van der Waals surface area contributed by atoms with Crippen LogP contribution in [0.3, 0.4) is 0 Å². The molecule has 0 aliphatic rings. The van der Waals surface area contributed by atoms with Gasteiger partial charge in [0.1, 0.15) is 0 Å². The molecule has 3 nitrogen and oxygen atoms in total. The van der Waals surface area contributed by atoms with Crippen molar-refractivity contribution in [1.82, 2.24) is 0 Å². The highest BCUT2D eigenvalue weighted by atomic mass is 35.5. The summed E-state index contributed by atoms with van der Waals surface area (Å²) in [4.78, 5) is 11.6. The first-order chi connectivity index (χ1) is 7.90. The van der Waals surface area contributed by atoms with E-state index in [9.17, 15) is 4.79 Å². The summed E-state index contributed by atoms with van der Waals surface area (Å²) >= 11 is 11.7. The molecule has 0 saturated carbocycles. The Morgan fingerprint density at radius 2 is 1.88 bits per heavy atom. The third kappa shape index (κ3) is 4.44. The summed E-state index contributed by atoms with van der Waals surface area (Å²) in [7, 11) is 0. The second kappa shape index (κ2) is 6.12. The molecule has 0 unspecified atom stereocenters. The number of nitrogen functional groups attached to an aromatic ring is 1. The van der Waals surface area contributed by atoms with Gasteiger partial charge in [0.15, 0.2) is 0 Å². The van der Waals surface area contributed by atoms with Gasteiger partial charge in [-0.2, -0.15) is 0 Å². The molecule has 0 spiro atoms. The van der Waals surface area contributed by atoms with Crippen LogP contribution in [0.25, 0.3) is 0 Å². The molecule has 1 aromatic carbocycles. The van der Waals surface area contributed by atoms with Gasteiger partial charge in [0.2, 0.25) is 5.91 Å². The molecule has 0 heterocycles. The number of carbonyl (C=O) groups is 1. The van der Waals surface area contributed by atoms with E-state index in [2.05, 4.69) is 19.2 Å². The van der Waals surface area contributed by atoms with Gasteiger partial charge in [0.05, 0.1) is 15.7 Å². The van der Waals surface area contributed by atoms with E-state index in [1.807, 2.05) is 0 Å². The number of halogens is 2. The highest BCUT2D eigenvalue weighted by molar-refractivity contribution is 6.39. The standard InChI is InChI=1S/C12H16Cl2N2O/c1-7(2)3-4-11(17)16-8-5-9(13)12(15)10(14)6-8/h5-7H,3-4,15H2,1-2H3,(H,16,17). The fraction of sp³-hybridized carbons (Fsp3) is 0.417. The Labute approximate surface area is 111 Å². The van der Waals surface area contributed by atoms with Crippen LogP contribution < -0.4 is 11.1 Å². The van der Waals surface area contributed by atoms with Crippen molar-refractivity contribution >= 4 is 40.5 Å². The number of nitrogens with two attached hydrogens (primary N) is 1. The van der Waals surface area contributed by atoms with Gasteiger partial charge in [-0.15, -0.1) is 0 Å². The summed E-state index contributed by atoms with van der Waals surface area (Å²) in [6.07, 6.45) is 1.33. The third-order valence-corrected chi connectivity index (χ3v) is 2.94. The van der Waals surface area contributed by atoms with Crippen molar-refractivity contribution in [1.29, 1.82) is 0 Å². The normalized spacial score (nSPS) is 10.6. The Kier molecular flexibility index (Phi) is 5.09. The van der Waals surface area contributed by atoms with Crippen LogP contribution in [0.15, 0.2) is 12.1 Å². The quantitative estimate of drug-likeness (QED) is 0.817. The summed E-state index contributed by atoms with van der Waals surface area (Å²) in [5.74, 6) is 0.454. The fourth-order valence-electron chi connectivity index (χ4n) is 1.30. The monoisotopic (exact) mass is 274 g/mol. The Hall–Kier alpha value is -0.930. The Bertz CT molecular complexity index is 396. The van der Waals surface area contributed by atoms with E-state index in [0.29, 0.717) is 33.8 Å². The van der Waals surface area contributed by atoms with Gasteiger partial charge < -0.3 is 11.1 Å². The highest BCUT2D eigenvalue weighted by Crippen LogP contribution is 2.31. The molecule has 0 atom stereocenters. The molecule has 0 bridgehead atoms. The lowest BCUT2D eigenvalue weighted by molar-refractivity contribution is -0.116. The van der Waals surface area contributed by atoms with Crippen molar-refractivity contribution in [2.24, 2.45) is 5.92 Å². The average molecular weight is 275 g/mol. The van der Waals surface area contributed by atoms with Gasteiger partial charge >= 0.3 is 0 Å². The lowest BCUT2D eigenvalue weighted by Gasteiger charge is -2.09. The van der Waals surface area contributed by atoms with Gasteiger partial charge in [0, 0.05) is 12.1 Å². The first-order valence-corrected chi connectivity index (χ1v) is 6.20. The first kappa shape index (κ1) is 14.1. The largest absolute Gasteiger partial charge is 0.396 e. The second-order valence-electron chi connectivity index (χ2n) is 4.33. The Balaban J connectivity index is 2.66. The van der Waals surface area contributed by atoms with Crippen LogP contribution in [-0.2, 0) is 4.79 Å². The topological polar surface area (TPSA) is 55.1 Å². The predicted molar refractivity (Wildman–Crippen MR) is 73.6 cm³/mol. The zero-order valence-electron chi connectivity index (χ0n) is 9.89. The summed E-state index contributed by atoms with van der Waals surface area (Å²) in [5, 5.41) is 3.43. The number of carbonyl (C=O) groups excluding carboxylic acids is 1. The molecule has 0 aliphatic heterocycles. The van der Waals surface area contributed by atoms with Crippen LogP contribution in [0.4, 0.5) is 11.4 Å². The minimum absolute atomic E-state index is 0.0457. The van der Waals surface area contributed by atoms with E-state index >= 15 is 0 Å². The third-order valence-electron chi connectivity index (χ3n) is 2.31. The van der Waals surface area contributed by atoms with Crippen molar-refractivity contribution in [2.45, 2.75) is 26.7 Å². The minimum Gasteiger partial charge on any atom is -0.396 e. The van der Waals surface area contributed by atoms with E-state index in [-0.39, 0.29) is 5.91 Å². The smallest absolute Gasteiger partial charge is 0.224 e. The molecule has 1 amide bonds. The van der Waals surface area contributed by atoms with Crippen molar-refractivity contribution in [3.63, 3.8) is 0 Å². The predicted octanol–water partition coefficient (Wildman–Crippen LogP) is 3.95. The highest BCUT2D eigenvalue weighted by Gasteiger charge is 2.08. The summed E-state index contributed by atoms with van der Waals surface area (Å²) in [6, 6.07) is 3.19. The molecule has 94 valence electrons. The molecule has 3 N–H and O–H groups in total. The molecule has 17 heavy (non-hydrogen) atoms. The lowest BCUT2D eigenvalue weighted by atomic mass is 10.1. The van der Waals surface area contributed by atoms with Crippen molar-refractivity contribution < 1.29 is 4.79 Å². The zero-order valence-corrected chi connectivity index (χ0v) is 11.4. The van der Waals surface area contributed by atoms with Crippen molar-refractivity contribution in [3.05, 3.63) is 22.2 Å². The molecule has 0 fully saturated rings. The van der Waals surface area contributed by atoms with Crippen molar-refractivity contribution in [2.75, 3.05) is 11.1 Å². The number of hydrogen-bond donors (Lipinski definition) is 2. The molecule has 5 heteroatoms. The lowest BCUT2D eigenvalue weighted by Crippen LogP contribution is -2.12. The van der Waals surface area contributed by atoms with E-state index < -0.39 is 0 Å². The van der Waals surface area contributed by atoms with Gasteiger partial charge in [-0.1, -0.05) is 37.0 Å². The van der Waals surface area contributed by atoms with Crippen molar-refractivity contribution in [3.8, 4) is 0 Å². The summed E-state index contributed by atoms with van der Waals surface area (Å²) < 4.78 is 0. The molecule has 0 radical (unpaired) electrons. The van der Waals surface area contributed by atoms with Gasteiger partial charge in [-0.25, -0.2) is 0 Å². The van der Waals surface area contributed by atoms with Crippen LogP contribution in [0, 0.1) is 5.92 Å². The summed E-state index contributed by atoms with van der Waals surface area (Å²) in [6.45, 7) is 4.15. The molecular weight excluding hydrogens is 259 g/mol. The number of hydrogen-bond acceptors (Lipinski definition) is 2. The maximum atomic E-state index is 11.6. The van der Waals surface area contributed by atoms with Crippen LogP contribution in [0.2, 0.25) is 10.0 Å². The molecule has 0 aromatic heterocycles. The number of amides is 1. The van der Waals surface area contributed by atoms with Crippen LogP contribution in [0.5, 0.6) is 0 Å². The average Bonchev–Trinajstić information content (AvgIpc) is 2.23. The van der Waals surface area contributed by atoms with Gasteiger partial charge in [-0.3, -0.25) is 4.79 Å². The van der Waals surface area contributed by atoms with E-state index in [1.165, 1.54) is 0 Å². The number of nitrogens with one attached hydrogen (secondary N) is 1. The second-order valence-corrected chi connectivity index (χ2v) is 5.15. The van der Waals surface area contributed by atoms with E-state index in [0.717, 1.165) is 6.42 Å². The van der Waals surface area contributed by atoms with Gasteiger partial charge in [-0.05, 0) is 24.5 Å². The Morgan fingerprint density at radius 1 is 1.35 bits per heavy atom. The van der Waals surface area contributed by atoms with Crippen LogP contribution in [-0.4, -0.2) is 5.91 Å². The van der Waals surface area contributed by atoms with Crippen LogP contribution >= 0.6 is 23.2 Å². The number of anilines is 2. The zero-order chi connectivity index (χ0) is 13.0. The molecule has 1 aromatic rings.